The van der Waals surface area contributed by atoms with E-state index in [0.29, 0.717) is 0 Å². The van der Waals surface area contributed by atoms with Gasteiger partial charge in [0.05, 0.1) is 6.21 Å². The number of benzene rings is 1. The van der Waals surface area contributed by atoms with Crippen LogP contribution >= 0.6 is 0 Å². The average molecular weight is 163 g/mol. The van der Waals surface area contributed by atoms with Gasteiger partial charge in [-0.3, -0.25) is 0 Å². The van der Waals surface area contributed by atoms with E-state index in [2.05, 4.69) is 29.0 Å². The number of hydrogen-bond donors (Lipinski definition) is 0. The largest absolute Gasteiger partial charge is 0.399 e. The SMILES string of the molecule is CCc1cccc(/C=N/OC)c1. The molecule has 64 valence electrons. The Morgan fingerprint density at radius 1 is 1.50 bits per heavy atom. The first-order valence-corrected chi connectivity index (χ1v) is 4.02. The lowest BCUT2D eigenvalue weighted by Gasteiger charge is -1.96. The summed E-state index contributed by atoms with van der Waals surface area (Å²) in [7, 11) is 1.54. The van der Waals surface area contributed by atoms with Gasteiger partial charge in [-0.1, -0.05) is 36.3 Å². The number of rotatable bonds is 3. The van der Waals surface area contributed by atoms with E-state index in [1.54, 1.807) is 13.3 Å². The van der Waals surface area contributed by atoms with Crippen molar-refractivity contribution in [3.8, 4) is 0 Å². The van der Waals surface area contributed by atoms with Crippen molar-refractivity contribution >= 4 is 6.21 Å². The van der Waals surface area contributed by atoms with Gasteiger partial charge < -0.3 is 4.84 Å². The van der Waals surface area contributed by atoms with Crippen molar-refractivity contribution in [1.29, 1.82) is 0 Å². The van der Waals surface area contributed by atoms with E-state index in [1.807, 2.05) is 12.1 Å². The molecule has 1 aromatic carbocycles. The lowest BCUT2D eigenvalue weighted by molar-refractivity contribution is 0.215. The summed E-state index contributed by atoms with van der Waals surface area (Å²) in [6, 6.07) is 8.23. The molecule has 0 aliphatic heterocycles. The minimum Gasteiger partial charge on any atom is -0.399 e. The van der Waals surface area contributed by atoms with Crippen LogP contribution in [0, 0.1) is 0 Å². The van der Waals surface area contributed by atoms with Crippen LogP contribution in [0.4, 0.5) is 0 Å². The van der Waals surface area contributed by atoms with Crippen LogP contribution < -0.4 is 0 Å². The van der Waals surface area contributed by atoms with Gasteiger partial charge in [0.15, 0.2) is 0 Å². The molecular formula is C10H13NO. The quantitative estimate of drug-likeness (QED) is 0.494. The first-order chi connectivity index (χ1) is 5.86. The fourth-order valence-corrected chi connectivity index (χ4v) is 1.01. The van der Waals surface area contributed by atoms with Gasteiger partial charge >= 0.3 is 0 Å². The molecule has 0 heterocycles. The summed E-state index contributed by atoms with van der Waals surface area (Å²) < 4.78 is 0. The van der Waals surface area contributed by atoms with E-state index in [9.17, 15) is 0 Å². The normalized spacial score (nSPS) is 10.5. The second-order valence-corrected chi connectivity index (χ2v) is 2.52. The van der Waals surface area contributed by atoms with Crippen LogP contribution in [-0.4, -0.2) is 13.3 Å². The first kappa shape index (κ1) is 8.78. The van der Waals surface area contributed by atoms with Crippen molar-refractivity contribution in [2.24, 2.45) is 5.16 Å². The maximum atomic E-state index is 4.59. The predicted octanol–water partition coefficient (Wildman–Crippen LogP) is 2.23. The fraction of sp³-hybridized carbons (Fsp3) is 0.300. The lowest BCUT2D eigenvalue weighted by Crippen LogP contribution is -1.85. The van der Waals surface area contributed by atoms with Crippen molar-refractivity contribution in [3.05, 3.63) is 35.4 Å². The molecule has 0 unspecified atom stereocenters. The van der Waals surface area contributed by atoms with E-state index in [0.717, 1.165) is 12.0 Å². The van der Waals surface area contributed by atoms with Crippen LogP contribution in [0.2, 0.25) is 0 Å². The van der Waals surface area contributed by atoms with Crippen molar-refractivity contribution in [1.82, 2.24) is 0 Å². The maximum Gasteiger partial charge on any atom is 0.106 e. The highest BCUT2D eigenvalue weighted by Gasteiger charge is 1.90. The lowest BCUT2D eigenvalue weighted by atomic mass is 10.1. The van der Waals surface area contributed by atoms with Gasteiger partial charge in [-0.05, 0) is 17.5 Å². The number of oxime groups is 1. The summed E-state index contributed by atoms with van der Waals surface area (Å²) in [5.41, 5.74) is 2.39. The van der Waals surface area contributed by atoms with E-state index in [4.69, 9.17) is 0 Å². The van der Waals surface area contributed by atoms with Gasteiger partial charge in [0.2, 0.25) is 0 Å². The van der Waals surface area contributed by atoms with Gasteiger partial charge in [-0.15, -0.1) is 0 Å². The Labute approximate surface area is 72.9 Å². The highest BCUT2D eigenvalue weighted by molar-refractivity contribution is 5.79. The molecule has 0 aliphatic rings. The van der Waals surface area contributed by atoms with Crippen molar-refractivity contribution in [2.75, 3.05) is 7.11 Å². The molecule has 2 nitrogen and oxygen atoms in total. The zero-order valence-corrected chi connectivity index (χ0v) is 7.45. The molecule has 0 amide bonds. The van der Waals surface area contributed by atoms with Crippen LogP contribution in [0.5, 0.6) is 0 Å². The minimum atomic E-state index is 1.05. The van der Waals surface area contributed by atoms with Crippen molar-refractivity contribution < 1.29 is 4.84 Å². The van der Waals surface area contributed by atoms with Gasteiger partial charge in [0.1, 0.15) is 7.11 Å². The zero-order valence-electron chi connectivity index (χ0n) is 7.45. The summed E-state index contributed by atoms with van der Waals surface area (Å²) in [6.07, 6.45) is 2.76. The molecule has 0 bridgehead atoms. The van der Waals surface area contributed by atoms with Gasteiger partial charge in [-0.2, -0.15) is 0 Å². The van der Waals surface area contributed by atoms with E-state index in [1.165, 1.54) is 5.56 Å². The van der Waals surface area contributed by atoms with Gasteiger partial charge in [0.25, 0.3) is 0 Å². The molecule has 1 aromatic rings. The molecule has 0 fully saturated rings. The Morgan fingerprint density at radius 2 is 2.33 bits per heavy atom. The molecule has 0 radical (unpaired) electrons. The van der Waals surface area contributed by atoms with E-state index in [-0.39, 0.29) is 0 Å². The van der Waals surface area contributed by atoms with Gasteiger partial charge in [0, 0.05) is 0 Å². The molecule has 0 N–H and O–H groups in total. The van der Waals surface area contributed by atoms with E-state index >= 15 is 0 Å². The molecule has 0 aromatic heterocycles. The molecule has 0 aliphatic carbocycles. The Morgan fingerprint density at radius 3 is 3.00 bits per heavy atom. The summed E-state index contributed by atoms with van der Waals surface area (Å²) in [5.74, 6) is 0. The second kappa shape index (κ2) is 4.54. The Kier molecular flexibility index (Phi) is 3.33. The number of nitrogens with zero attached hydrogens (tertiary/aromatic N) is 1. The van der Waals surface area contributed by atoms with Crippen molar-refractivity contribution in [2.45, 2.75) is 13.3 Å². The third-order valence-electron chi connectivity index (χ3n) is 1.67. The standard InChI is InChI=1S/C10H13NO/c1-3-9-5-4-6-10(7-9)8-11-12-2/h4-8H,3H2,1-2H3/b11-8+. The molecule has 2 heteroatoms. The molecular weight excluding hydrogens is 150 g/mol. The third-order valence-corrected chi connectivity index (χ3v) is 1.67. The topological polar surface area (TPSA) is 21.6 Å². The molecule has 0 saturated heterocycles. The smallest absolute Gasteiger partial charge is 0.106 e. The van der Waals surface area contributed by atoms with Crippen LogP contribution in [-0.2, 0) is 11.3 Å². The second-order valence-electron chi connectivity index (χ2n) is 2.52. The molecule has 0 atom stereocenters. The summed E-state index contributed by atoms with van der Waals surface area (Å²) >= 11 is 0. The average Bonchev–Trinajstić information content (AvgIpc) is 2.15. The third kappa shape index (κ3) is 2.38. The summed E-state index contributed by atoms with van der Waals surface area (Å²) in [4.78, 5) is 4.59. The molecule has 0 spiro atoms. The summed E-state index contributed by atoms with van der Waals surface area (Å²) in [6.45, 7) is 2.13. The maximum absolute atomic E-state index is 4.59. The molecule has 1 rings (SSSR count). The molecule has 12 heavy (non-hydrogen) atoms. The molecule has 0 saturated carbocycles. The van der Waals surface area contributed by atoms with Crippen LogP contribution in [0.1, 0.15) is 18.1 Å². The summed E-state index contributed by atoms with van der Waals surface area (Å²) in [5, 5.41) is 3.69. The van der Waals surface area contributed by atoms with Gasteiger partial charge in [-0.25, -0.2) is 0 Å². The highest BCUT2D eigenvalue weighted by Crippen LogP contribution is 2.03. The fourth-order valence-electron chi connectivity index (χ4n) is 1.01. The first-order valence-electron chi connectivity index (χ1n) is 4.02. The van der Waals surface area contributed by atoms with Crippen molar-refractivity contribution in [3.63, 3.8) is 0 Å². The van der Waals surface area contributed by atoms with Crippen LogP contribution in [0.25, 0.3) is 0 Å². The number of aryl methyl sites for hydroxylation is 1. The predicted molar refractivity (Wildman–Crippen MR) is 50.4 cm³/mol. The Bertz CT molecular complexity index is 268. The number of hydrogen-bond acceptors (Lipinski definition) is 2. The van der Waals surface area contributed by atoms with E-state index < -0.39 is 0 Å². The van der Waals surface area contributed by atoms with Crippen LogP contribution in [0.15, 0.2) is 29.4 Å². The van der Waals surface area contributed by atoms with Crippen LogP contribution in [0.3, 0.4) is 0 Å². The minimum absolute atomic E-state index is 1.05. The zero-order chi connectivity index (χ0) is 8.81. The highest BCUT2D eigenvalue weighted by atomic mass is 16.6. The Hall–Kier alpha value is -1.31. The Balaban J connectivity index is 2.79. The monoisotopic (exact) mass is 163 g/mol.